The lowest BCUT2D eigenvalue weighted by Crippen LogP contribution is -2.28. The Balaban J connectivity index is 1.84. The maximum atomic E-state index is 13.0. The zero-order valence-corrected chi connectivity index (χ0v) is 18.0. The van der Waals surface area contributed by atoms with Crippen LogP contribution in [0.3, 0.4) is 0 Å². The largest absolute Gasteiger partial charge is 0.370 e. The van der Waals surface area contributed by atoms with Crippen LogP contribution in [0, 0.1) is 13.8 Å². The minimum Gasteiger partial charge on any atom is -0.370 e. The van der Waals surface area contributed by atoms with E-state index in [9.17, 15) is 14.4 Å². The number of amides is 3. The second-order valence-electron chi connectivity index (χ2n) is 7.07. The van der Waals surface area contributed by atoms with E-state index in [0.29, 0.717) is 21.8 Å². The number of benzene rings is 2. The maximum absolute atomic E-state index is 13.0. The van der Waals surface area contributed by atoms with Crippen LogP contribution in [0.4, 0.5) is 5.69 Å². The van der Waals surface area contributed by atoms with Crippen molar-refractivity contribution in [2.45, 2.75) is 20.3 Å². The molecule has 0 spiro atoms. The van der Waals surface area contributed by atoms with Gasteiger partial charge in [-0.05, 0) is 50.2 Å². The molecule has 1 heterocycles. The van der Waals surface area contributed by atoms with Crippen LogP contribution in [-0.4, -0.2) is 28.8 Å². The summed E-state index contributed by atoms with van der Waals surface area (Å²) in [6.07, 6.45) is 0.0375. The molecule has 0 aliphatic carbocycles. The third-order valence-electron chi connectivity index (χ3n) is 4.82. The molecule has 3 rings (SSSR count). The zero-order valence-electron chi connectivity index (χ0n) is 17.2. The summed E-state index contributed by atoms with van der Waals surface area (Å²) in [6.45, 7) is 3.88. The predicted octanol–water partition coefficient (Wildman–Crippen LogP) is 3.61. The number of anilines is 1. The topological polar surface area (TPSA) is 106 Å². The third-order valence-corrected chi connectivity index (χ3v) is 5.05. The van der Waals surface area contributed by atoms with Gasteiger partial charge in [0.1, 0.15) is 0 Å². The lowest BCUT2D eigenvalue weighted by Gasteiger charge is -2.12. The molecule has 0 aliphatic rings. The van der Waals surface area contributed by atoms with Crippen molar-refractivity contribution in [2.24, 2.45) is 5.73 Å². The first kappa shape index (κ1) is 22.1. The number of aromatic nitrogens is 1. The van der Waals surface area contributed by atoms with Gasteiger partial charge < -0.3 is 20.9 Å². The van der Waals surface area contributed by atoms with Gasteiger partial charge in [-0.1, -0.05) is 29.8 Å². The number of hydrogen-bond donors (Lipinski definition) is 3. The Morgan fingerprint density at radius 3 is 2.42 bits per heavy atom. The van der Waals surface area contributed by atoms with Crippen LogP contribution in [0.15, 0.2) is 54.6 Å². The highest BCUT2D eigenvalue weighted by atomic mass is 35.5. The molecule has 3 amide bonds. The van der Waals surface area contributed by atoms with Gasteiger partial charge in [0.15, 0.2) is 0 Å². The first-order valence-electron chi connectivity index (χ1n) is 9.69. The Hall–Kier alpha value is -3.58. The SMILES string of the molecule is Cc1cc(C(=O)Nc2ccccc2C(=O)NCCC(N)=O)c(C)n1-c1cccc(Cl)c1. The standard InChI is InChI=1S/C23H23ClN4O3/c1-14-12-19(15(2)28(14)17-7-5-6-16(24)13-17)23(31)27-20-9-4-3-8-18(20)22(30)26-11-10-21(25)29/h3-9,12-13H,10-11H2,1-2H3,(H2,25,29)(H,26,30)(H,27,31). The van der Waals surface area contributed by atoms with Crippen LogP contribution >= 0.6 is 11.6 Å². The Morgan fingerprint density at radius 2 is 1.71 bits per heavy atom. The highest BCUT2D eigenvalue weighted by Gasteiger charge is 2.19. The van der Waals surface area contributed by atoms with Crippen LogP contribution in [0.5, 0.6) is 0 Å². The van der Waals surface area contributed by atoms with Crippen LogP contribution in [0.25, 0.3) is 5.69 Å². The number of hydrogen-bond acceptors (Lipinski definition) is 3. The van der Waals surface area contributed by atoms with Gasteiger partial charge in [0.2, 0.25) is 5.91 Å². The average molecular weight is 439 g/mol. The zero-order chi connectivity index (χ0) is 22.5. The number of nitrogens with one attached hydrogen (secondary N) is 2. The Kier molecular flexibility index (Phi) is 6.77. The number of para-hydroxylation sites is 1. The third kappa shape index (κ3) is 5.13. The molecule has 0 fully saturated rings. The smallest absolute Gasteiger partial charge is 0.257 e. The van der Waals surface area contributed by atoms with Gasteiger partial charge in [-0.3, -0.25) is 14.4 Å². The summed E-state index contributed by atoms with van der Waals surface area (Å²) in [7, 11) is 0. The van der Waals surface area contributed by atoms with Gasteiger partial charge in [-0.25, -0.2) is 0 Å². The highest BCUT2D eigenvalue weighted by Crippen LogP contribution is 2.24. The van der Waals surface area contributed by atoms with E-state index in [0.717, 1.165) is 17.1 Å². The second-order valence-corrected chi connectivity index (χ2v) is 7.51. The molecule has 31 heavy (non-hydrogen) atoms. The minimum absolute atomic E-state index is 0.0375. The molecule has 7 nitrogen and oxygen atoms in total. The lowest BCUT2D eigenvalue weighted by atomic mass is 10.1. The number of primary amides is 1. The molecule has 0 saturated heterocycles. The van der Waals surface area contributed by atoms with Gasteiger partial charge in [-0.2, -0.15) is 0 Å². The lowest BCUT2D eigenvalue weighted by molar-refractivity contribution is -0.117. The summed E-state index contributed by atoms with van der Waals surface area (Å²) in [5.74, 6) is -1.24. The predicted molar refractivity (Wildman–Crippen MR) is 121 cm³/mol. The van der Waals surface area contributed by atoms with Gasteiger partial charge in [0.05, 0.1) is 16.8 Å². The number of nitrogens with zero attached hydrogens (tertiary/aromatic N) is 1. The molecule has 3 aromatic rings. The second kappa shape index (κ2) is 9.49. The highest BCUT2D eigenvalue weighted by molar-refractivity contribution is 6.30. The van der Waals surface area contributed by atoms with Crippen molar-refractivity contribution in [1.82, 2.24) is 9.88 Å². The van der Waals surface area contributed by atoms with Gasteiger partial charge in [0.25, 0.3) is 11.8 Å². The van der Waals surface area contributed by atoms with Crippen molar-refractivity contribution in [3.8, 4) is 5.69 Å². The number of rotatable bonds is 7. The normalized spacial score (nSPS) is 10.5. The van der Waals surface area contributed by atoms with Crippen LogP contribution in [0.1, 0.15) is 38.5 Å². The first-order valence-corrected chi connectivity index (χ1v) is 10.1. The van der Waals surface area contributed by atoms with E-state index in [4.69, 9.17) is 17.3 Å². The van der Waals surface area contributed by atoms with Crippen molar-refractivity contribution in [3.63, 3.8) is 0 Å². The molecule has 8 heteroatoms. The summed E-state index contributed by atoms with van der Waals surface area (Å²) in [4.78, 5) is 36.4. The number of carbonyl (C=O) groups is 3. The molecule has 4 N–H and O–H groups in total. The number of nitrogens with two attached hydrogens (primary N) is 1. The van der Waals surface area contributed by atoms with E-state index in [1.54, 1.807) is 36.4 Å². The van der Waals surface area contributed by atoms with E-state index in [-0.39, 0.29) is 18.9 Å². The fraction of sp³-hybridized carbons (Fsp3) is 0.174. The summed E-state index contributed by atoms with van der Waals surface area (Å²) in [5.41, 5.74) is 8.74. The fourth-order valence-corrected chi connectivity index (χ4v) is 3.56. The minimum atomic E-state index is -0.503. The molecule has 0 unspecified atom stereocenters. The van der Waals surface area contributed by atoms with Crippen molar-refractivity contribution in [1.29, 1.82) is 0 Å². The Bertz CT molecular complexity index is 1150. The first-order chi connectivity index (χ1) is 14.8. The van der Waals surface area contributed by atoms with Gasteiger partial charge in [-0.15, -0.1) is 0 Å². The van der Waals surface area contributed by atoms with Crippen LogP contribution in [-0.2, 0) is 4.79 Å². The van der Waals surface area contributed by atoms with Gasteiger partial charge >= 0.3 is 0 Å². The number of halogens is 1. The van der Waals surface area contributed by atoms with Crippen molar-refractivity contribution < 1.29 is 14.4 Å². The molecular formula is C23H23ClN4O3. The summed E-state index contributed by atoms with van der Waals surface area (Å²) in [5, 5.41) is 6.05. The van der Waals surface area contributed by atoms with Crippen LogP contribution < -0.4 is 16.4 Å². The number of carbonyl (C=O) groups excluding carboxylic acids is 3. The molecule has 0 radical (unpaired) electrons. The van der Waals surface area contributed by atoms with E-state index >= 15 is 0 Å². The molecular weight excluding hydrogens is 416 g/mol. The van der Waals surface area contributed by atoms with Crippen LogP contribution in [0.2, 0.25) is 5.02 Å². The maximum Gasteiger partial charge on any atom is 0.257 e. The summed E-state index contributed by atoms with van der Waals surface area (Å²) < 4.78 is 1.95. The fourth-order valence-electron chi connectivity index (χ4n) is 3.38. The Morgan fingerprint density at radius 1 is 0.968 bits per heavy atom. The molecule has 160 valence electrons. The summed E-state index contributed by atoms with van der Waals surface area (Å²) in [6, 6.07) is 15.9. The van der Waals surface area contributed by atoms with Crippen molar-refractivity contribution in [2.75, 3.05) is 11.9 Å². The monoisotopic (exact) mass is 438 g/mol. The molecule has 0 bridgehead atoms. The van der Waals surface area contributed by atoms with E-state index in [1.807, 2.05) is 36.6 Å². The van der Waals surface area contributed by atoms with Crippen molar-refractivity contribution in [3.05, 3.63) is 82.1 Å². The van der Waals surface area contributed by atoms with E-state index in [1.165, 1.54) is 0 Å². The molecule has 0 saturated carbocycles. The van der Waals surface area contributed by atoms with E-state index < -0.39 is 11.8 Å². The molecule has 1 aromatic heterocycles. The molecule has 0 aliphatic heterocycles. The quantitative estimate of drug-likeness (QED) is 0.524. The number of aryl methyl sites for hydroxylation is 1. The molecule has 0 atom stereocenters. The summed E-state index contributed by atoms with van der Waals surface area (Å²) >= 11 is 6.12. The van der Waals surface area contributed by atoms with Crippen molar-refractivity contribution >= 4 is 35.0 Å². The molecule has 2 aromatic carbocycles. The van der Waals surface area contributed by atoms with Gasteiger partial charge in [0, 0.05) is 35.1 Å². The average Bonchev–Trinajstić information content (AvgIpc) is 3.02. The van der Waals surface area contributed by atoms with E-state index in [2.05, 4.69) is 10.6 Å². The Labute approximate surface area is 185 Å².